The molecule has 2 rings (SSSR count). The first-order valence-corrected chi connectivity index (χ1v) is 10.3. The summed E-state index contributed by atoms with van der Waals surface area (Å²) in [6.07, 6.45) is 0.889. The lowest BCUT2D eigenvalue weighted by molar-refractivity contribution is 0.0967. The molecule has 0 aromatic heterocycles. The zero-order chi connectivity index (χ0) is 22.6. The van der Waals surface area contributed by atoms with Crippen LogP contribution in [-0.4, -0.2) is 39.6 Å². The molecule has 11 nitrogen and oxygen atoms in total. The molecule has 7 N–H and O–H groups in total. The van der Waals surface area contributed by atoms with Crippen molar-refractivity contribution < 1.29 is 27.5 Å². The second-order valence-electron chi connectivity index (χ2n) is 6.30. The lowest BCUT2D eigenvalue weighted by atomic mass is 10.1. The van der Waals surface area contributed by atoms with Crippen LogP contribution in [0.1, 0.15) is 26.3 Å². The molecule has 0 aliphatic rings. The number of carbonyl (C=O) groups is 3. The molecule has 0 fully saturated rings. The summed E-state index contributed by atoms with van der Waals surface area (Å²) in [5.41, 5.74) is 15.5. The molecule has 0 spiro atoms. The highest BCUT2D eigenvalue weighted by molar-refractivity contribution is 7.90. The number of nitrogens with one attached hydrogen (secondary N) is 3. The Morgan fingerprint density at radius 2 is 1.57 bits per heavy atom. The molecule has 0 saturated carbocycles. The summed E-state index contributed by atoms with van der Waals surface area (Å²) in [6.45, 7) is 1.82. The molecule has 0 atom stereocenters. The van der Waals surface area contributed by atoms with Gasteiger partial charge in [-0.2, -0.15) is 0 Å². The minimum atomic E-state index is -3.87. The molecule has 0 saturated heterocycles. The zero-order valence-electron chi connectivity index (χ0n) is 16.4. The van der Waals surface area contributed by atoms with Crippen molar-refractivity contribution in [2.24, 2.45) is 11.5 Å². The summed E-state index contributed by atoms with van der Waals surface area (Å²) in [4.78, 5) is 35.1. The van der Waals surface area contributed by atoms with Crippen LogP contribution in [-0.2, 0) is 9.84 Å². The van der Waals surface area contributed by atoms with Crippen LogP contribution in [0.2, 0.25) is 0 Å². The van der Waals surface area contributed by atoms with Gasteiger partial charge in [0.2, 0.25) is 11.8 Å². The van der Waals surface area contributed by atoms with Gasteiger partial charge in [-0.1, -0.05) is 6.07 Å². The molecular weight excluding hydrogens is 414 g/mol. The minimum Gasteiger partial charge on any atom is -0.495 e. The van der Waals surface area contributed by atoms with Gasteiger partial charge in [0.05, 0.1) is 34.5 Å². The smallest absolute Gasteiger partial charge is 0.337 e. The Labute approximate surface area is 172 Å². The van der Waals surface area contributed by atoms with Crippen LogP contribution in [0, 0.1) is 6.92 Å². The minimum absolute atomic E-state index is 0.178. The fourth-order valence-electron chi connectivity index (χ4n) is 2.59. The maximum atomic E-state index is 12.3. The molecular formula is C18H21N5O6S. The topological polar surface area (TPSA) is 183 Å². The average Bonchev–Trinajstić information content (AvgIpc) is 2.64. The first-order valence-electron chi connectivity index (χ1n) is 8.39. The van der Waals surface area contributed by atoms with Gasteiger partial charge in [-0.25, -0.2) is 13.2 Å². The van der Waals surface area contributed by atoms with Gasteiger partial charge in [0.1, 0.15) is 5.75 Å². The van der Waals surface area contributed by atoms with Crippen molar-refractivity contribution in [2.45, 2.75) is 11.8 Å². The Balaban J connectivity index is 2.34. The first kappa shape index (κ1) is 22.5. The van der Waals surface area contributed by atoms with E-state index in [1.807, 2.05) is 6.92 Å². The number of primary amides is 2. The lowest BCUT2D eigenvalue weighted by Gasteiger charge is -2.16. The van der Waals surface area contributed by atoms with Gasteiger partial charge in [0.25, 0.3) is 0 Å². The summed E-state index contributed by atoms with van der Waals surface area (Å²) in [5.74, 6) is -1.62. The van der Waals surface area contributed by atoms with E-state index < -0.39 is 27.7 Å². The number of methoxy groups -OCH3 is 1. The molecule has 4 amide bonds. The van der Waals surface area contributed by atoms with Crippen LogP contribution in [0.15, 0.2) is 35.2 Å². The normalized spacial score (nSPS) is 10.8. The number of urea groups is 1. The number of aryl methyl sites for hydroxylation is 1. The standard InChI is InChI=1S/C18H21N5O6S/c1-9-4-5-14(29-2)12(6-9)21-18(26)23-22-13-7-10(16(19)24)11(17(20)25)8-15(13)30(3,27)28/h4-8,22H,1-3H3,(H2,19,24)(H2,20,25)(H2,21,23,26). The number of hydrazine groups is 1. The third-order valence-corrected chi connectivity index (χ3v) is 5.10. The van der Waals surface area contributed by atoms with E-state index in [2.05, 4.69) is 16.2 Å². The Morgan fingerprint density at radius 3 is 2.10 bits per heavy atom. The molecule has 0 heterocycles. The first-order chi connectivity index (χ1) is 13.9. The third-order valence-electron chi connectivity index (χ3n) is 3.96. The number of benzene rings is 2. The number of nitrogens with two attached hydrogens (primary N) is 2. The molecule has 0 aliphatic carbocycles. The van der Waals surface area contributed by atoms with Crippen LogP contribution in [0.25, 0.3) is 0 Å². The van der Waals surface area contributed by atoms with Crippen LogP contribution in [0.5, 0.6) is 5.75 Å². The number of rotatable bonds is 7. The molecule has 0 bridgehead atoms. The molecule has 0 radical (unpaired) electrons. The predicted octanol–water partition coefficient (Wildman–Crippen LogP) is 0.754. The van der Waals surface area contributed by atoms with Gasteiger partial charge in [-0.15, -0.1) is 0 Å². The van der Waals surface area contributed by atoms with Crippen LogP contribution >= 0.6 is 0 Å². The largest absolute Gasteiger partial charge is 0.495 e. The van der Waals surface area contributed by atoms with Crippen molar-refractivity contribution in [1.29, 1.82) is 0 Å². The predicted molar refractivity (Wildman–Crippen MR) is 110 cm³/mol. The molecule has 12 heteroatoms. The van der Waals surface area contributed by atoms with Gasteiger partial charge >= 0.3 is 6.03 Å². The summed E-state index contributed by atoms with van der Waals surface area (Å²) < 4.78 is 29.4. The monoisotopic (exact) mass is 435 g/mol. The molecule has 2 aromatic rings. The highest BCUT2D eigenvalue weighted by atomic mass is 32.2. The highest BCUT2D eigenvalue weighted by Crippen LogP contribution is 2.27. The van der Waals surface area contributed by atoms with E-state index in [0.717, 1.165) is 24.0 Å². The van der Waals surface area contributed by atoms with Gasteiger partial charge in [0.15, 0.2) is 9.84 Å². The van der Waals surface area contributed by atoms with E-state index in [1.54, 1.807) is 18.2 Å². The van der Waals surface area contributed by atoms with Crippen LogP contribution in [0.4, 0.5) is 16.2 Å². The van der Waals surface area contributed by atoms with Crippen molar-refractivity contribution in [3.63, 3.8) is 0 Å². The second kappa shape index (κ2) is 8.69. The quantitative estimate of drug-likeness (QED) is 0.397. The number of amides is 4. The van der Waals surface area contributed by atoms with Crippen LogP contribution < -0.4 is 32.4 Å². The van der Waals surface area contributed by atoms with Crippen LogP contribution in [0.3, 0.4) is 0 Å². The number of hydrogen-bond donors (Lipinski definition) is 5. The Bertz CT molecular complexity index is 1130. The number of carbonyl (C=O) groups excluding carboxylic acids is 3. The lowest BCUT2D eigenvalue weighted by Crippen LogP contribution is -2.34. The van der Waals surface area contributed by atoms with E-state index in [-0.39, 0.29) is 21.7 Å². The van der Waals surface area contributed by atoms with E-state index >= 15 is 0 Å². The van der Waals surface area contributed by atoms with Crippen molar-refractivity contribution in [2.75, 3.05) is 24.1 Å². The van der Waals surface area contributed by atoms with Crippen molar-refractivity contribution >= 4 is 39.1 Å². The fourth-order valence-corrected chi connectivity index (χ4v) is 3.43. The number of sulfone groups is 1. The Kier molecular flexibility index (Phi) is 6.52. The van der Waals surface area contributed by atoms with E-state index in [1.165, 1.54) is 7.11 Å². The van der Waals surface area contributed by atoms with E-state index in [0.29, 0.717) is 11.4 Å². The fraction of sp³-hybridized carbons (Fsp3) is 0.167. The van der Waals surface area contributed by atoms with Gasteiger partial charge in [0, 0.05) is 6.26 Å². The molecule has 2 aromatic carbocycles. The molecule has 160 valence electrons. The molecule has 0 aliphatic heterocycles. The highest BCUT2D eigenvalue weighted by Gasteiger charge is 2.22. The van der Waals surface area contributed by atoms with E-state index in [9.17, 15) is 22.8 Å². The van der Waals surface area contributed by atoms with E-state index in [4.69, 9.17) is 16.2 Å². The number of ether oxygens (including phenoxy) is 1. The van der Waals surface area contributed by atoms with Crippen molar-refractivity contribution in [3.8, 4) is 5.75 Å². The zero-order valence-corrected chi connectivity index (χ0v) is 17.2. The third kappa shape index (κ3) is 5.17. The summed E-state index contributed by atoms with van der Waals surface area (Å²) in [6, 6.07) is 6.33. The van der Waals surface area contributed by atoms with Crippen molar-refractivity contribution in [3.05, 3.63) is 47.0 Å². The maximum Gasteiger partial charge on any atom is 0.337 e. The van der Waals surface area contributed by atoms with Gasteiger partial charge in [-0.05, 0) is 36.8 Å². The summed E-state index contributed by atoms with van der Waals surface area (Å²) in [7, 11) is -2.43. The van der Waals surface area contributed by atoms with Gasteiger partial charge < -0.3 is 21.5 Å². The Morgan fingerprint density at radius 1 is 0.967 bits per heavy atom. The SMILES string of the molecule is COc1ccc(C)cc1NC(=O)NNc1cc(C(N)=O)c(C(N)=O)cc1S(C)(=O)=O. The van der Waals surface area contributed by atoms with Crippen molar-refractivity contribution in [1.82, 2.24) is 5.43 Å². The molecule has 30 heavy (non-hydrogen) atoms. The maximum absolute atomic E-state index is 12.3. The van der Waals surface area contributed by atoms with Gasteiger partial charge in [-0.3, -0.25) is 20.4 Å². The number of anilines is 2. The Hall–Kier alpha value is -3.80. The average molecular weight is 435 g/mol. The second-order valence-corrected chi connectivity index (χ2v) is 8.29. The summed E-state index contributed by atoms with van der Waals surface area (Å²) in [5, 5.41) is 2.54. The number of hydrogen-bond acceptors (Lipinski definition) is 7. The summed E-state index contributed by atoms with van der Waals surface area (Å²) >= 11 is 0. The molecule has 0 unspecified atom stereocenters.